The topological polar surface area (TPSA) is 55.2 Å². The molecule has 0 saturated carbocycles. The first-order chi connectivity index (χ1) is 8.15. The standard InChI is InChI=1S/C12H12N2O2S/c1-9-2-7-12(17-9)8-13-10-3-5-11(6-4-10)14(15)16/h2-7,13H,8H2,1H3. The zero-order chi connectivity index (χ0) is 12.3. The van der Waals surface area contributed by atoms with Crippen LogP contribution in [0.3, 0.4) is 0 Å². The Labute approximate surface area is 103 Å². The molecule has 0 atom stereocenters. The molecule has 17 heavy (non-hydrogen) atoms. The van der Waals surface area contributed by atoms with Crippen molar-refractivity contribution in [1.82, 2.24) is 0 Å². The second-order valence-electron chi connectivity index (χ2n) is 3.67. The van der Waals surface area contributed by atoms with Crippen molar-refractivity contribution in [3.8, 4) is 0 Å². The van der Waals surface area contributed by atoms with Gasteiger partial charge in [-0.25, -0.2) is 0 Å². The van der Waals surface area contributed by atoms with Crippen molar-refractivity contribution in [2.24, 2.45) is 0 Å². The number of rotatable bonds is 4. The van der Waals surface area contributed by atoms with Gasteiger partial charge in [-0.15, -0.1) is 11.3 Å². The maximum Gasteiger partial charge on any atom is 0.269 e. The minimum absolute atomic E-state index is 0.113. The molecular weight excluding hydrogens is 236 g/mol. The lowest BCUT2D eigenvalue weighted by molar-refractivity contribution is -0.384. The van der Waals surface area contributed by atoms with Crippen molar-refractivity contribution >= 4 is 22.7 Å². The molecule has 0 radical (unpaired) electrons. The molecule has 0 aliphatic carbocycles. The molecular formula is C12H12N2O2S. The quantitative estimate of drug-likeness (QED) is 0.664. The third kappa shape index (κ3) is 3.04. The van der Waals surface area contributed by atoms with E-state index in [4.69, 9.17) is 0 Å². The smallest absolute Gasteiger partial charge is 0.269 e. The van der Waals surface area contributed by atoms with E-state index in [-0.39, 0.29) is 5.69 Å². The normalized spacial score (nSPS) is 10.2. The fraction of sp³-hybridized carbons (Fsp3) is 0.167. The van der Waals surface area contributed by atoms with E-state index < -0.39 is 4.92 Å². The zero-order valence-corrected chi connectivity index (χ0v) is 10.2. The molecule has 0 spiro atoms. The highest BCUT2D eigenvalue weighted by Gasteiger charge is 2.03. The molecule has 0 unspecified atom stereocenters. The largest absolute Gasteiger partial charge is 0.380 e. The monoisotopic (exact) mass is 248 g/mol. The highest BCUT2D eigenvalue weighted by Crippen LogP contribution is 2.19. The van der Waals surface area contributed by atoms with Crippen molar-refractivity contribution in [1.29, 1.82) is 0 Å². The fourth-order valence-corrected chi connectivity index (χ4v) is 2.30. The Kier molecular flexibility index (Phi) is 3.39. The van der Waals surface area contributed by atoms with Gasteiger partial charge in [-0.2, -0.15) is 0 Å². The van der Waals surface area contributed by atoms with Crippen LogP contribution in [0.1, 0.15) is 9.75 Å². The number of hydrogen-bond donors (Lipinski definition) is 1. The summed E-state index contributed by atoms with van der Waals surface area (Å²) < 4.78 is 0. The molecule has 0 aliphatic heterocycles. The Morgan fingerprint density at radius 2 is 1.94 bits per heavy atom. The summed E-state index contributed by atoms with van der Waals surface area (Å²) in [5, 5.41) is 13.7. The van der Waals surface area contributed by atoms with Crippen LogP contribution in [-0.4, -0.2) is 4.92 Å². The number of nitro benzene ring substituents is 1. The molecule has 0 amide bonds. The third-order valence-corrected chi connectivity index (χ3v) is 3.34. The van der Waals surface area contributed by atoms with Gasteiger partial charge in [0.15, 0.2) is 0 Å². The lowest BCUT2D eigenvalue weighted by atomic mass is 10.3. The third-order valence-electron chi connectivity index (χ3n) is 2.34. The molecule has 0 aliphatic rings. The maximum atomic E-state index is 10.5. The number of aryl methyl sites for hydroxylation is 1. The lowest BCUT2D eigenvalue weighted by Gasteiger charge is -2.03. The molecule has 88 valence electrons. The number of benzene rings is 1. The SMILES string of the molecule is Cc1ccc(CNc2ccc([N+](=O)[O-])cc2)s1. The van der Waals surface area contributed by atoms with Gasteiger partial charge in [0.05, 0.1) is 4.92 Å². The van der Waals surface area contributed by atoms with Gasteiger partial charge in [0.1, 0.15) is 0 Å². The van der Waals surface area contributed by atoms with E-state index in [2.05, 4.69) is 24.4 Å². The molecule has 0 bridgehead atoms. The first-order valence-corrected chi connectivity index (χ1v) is 6.00. The van der Waals surface area contributed by atoms with Crippen molar-refractivity contribution in [2.45, 2.75) is 13.5 Å². The van der Waals surface area contributed by atoms with Crippen LogP contribution in [0, 0.1) is 17.0 Å². The van der Waals surface area contributed by atoms with Crippen molar-refractivity contribution < 1.29 is 4.92 Å². The Morgan fingerprint density at radius 3 is 2.47 bits per heavy atom. The molecule has 0 saturated heterocycles. The summed E-state index contributed by atoms with van der Waals surface area (Å²) >= 11 is 1.74. The summed E-state index contributed by atoms with van der Waals surface area (Å²) in [5.74, 6) is 0. The highest BCUT2D eigenvalue weighted by molar-refractivity contribution is 7.11. The number of nitrogens with one attached hydrogen (secondary N) is 1. The number of hydrogen-bond acceptors (Lipinski definition) is 4. The van der Waals surface area contributed by atoms with E-state index >= 15 is 0 Å². The average Bonchev–Trinajstić information content (AvgIpc) is 2.73. The molecule has 1 N–H and O–H groups in total. The van der Waals surface area contributed by atoms with Gasteiger partial charge in [0, 0.05) is 34.1 Å². The van der Waals surface area contributed by atoms with Gasteiger partial charge >= 0.3 is 0 Å². The van der Waals surface area contributed by atoms with Gasteiger partial charge < -0.3 is 5.32 Å². The van der Waals surface area contributed by atoms with Crippen LogP contribution in [0.15, 0.2) is 36.4 Å². The lowest BCUT2D eigenvalue weighted by Crippen LogP contribution is -1.97. The maximum absolute atomic E-state index is 10.5. The second-order valence-corrected chi connectivity index (χ2v) is 5.04. The molecule has 1 aromatic heterocycles. The number of non-ortho nitro benzene ring substituents is 1. The van der Waals surface area contributed by atoms with Gasteiger partial charge in [-0.1, -0.05) is 0 Å². The molecule has 4 nitrogen and oxygen atoms in total. The molecule has 2 rings (SSSR count). The zero-order valence-electron chi connectivity index (χ0n) is 9.34. The van der Waals surface area contributed by atoms with Crippen LogP contribution in [0.5, 0.6) is 0 Å². The van der Waals surface area contributed by atoms with E-state index in [1.54, 1.807) is 23.5 Å². The van der Waals surface area contributed by atoms with E-state index in [0.717, 1.165) is 12.2 Å². The Bertz CT molecular complexity index is 520. The van der Waals surface area contributed by atoms with E-state index in [1.165, 1.54) is 21.9 Å². The highest BCUT2D eigenvalue weighted by atomic mass is 32.1. The van der Waals surface area contributed by atoms with Crippen LogP contribution >= 0.6 is 11.3 Å². The van der Waals surface area contributed by atoms with Crippen LogP contribution in [-0.2, 0) is 6.54 Å². The first kappa shape index (κ1) is 11.6. The predicted molar refractivity (Wildman–Crippen MR) is 69.5 cm³/mol. The van der Waals surface area contributed by atoms with Crippen molar-refractivity contribution in [3.05, 3.63) is 56.3 Å². The minimum Gasteiger partial charge on any atom is -0.380 e. The summed E-state index contributed by atoms with van der Waals surface area (Å²) in [6.45, 7) is 2.82. The summed E-state index contributed by atoms with van der Waals surface area (Å²) in [7, 11) is 0. The van der Waals surface area contributed by atoms with Gasteiger partial charge in [-0.05, 0) is 31.2 Å². The van der Waals surface area contributed by atoms with E-state index in [9.17, 15) is 10.1 Å². The minimum atomic E-state index is -0.396. The van der Waals surface area contributed by atoms with Gasteiger partial charge in [-0.3, -0.25) is 10.1 Å². The summed E-state index contributed by atoms with van der Waals surface area (Å²) in [6.07, 6.45) is 0. The summed E-state index contributed by atoms with van der Waals surface area (Å²) in [4.78, 5) is 12.6. The van der Waals surface area contributed by atoms with Crippen LogP contribution < -0.4 is 5.32 Å². The number of anilines is 1. The van der Waals surface area contributed by atoms with Crippen molar-refractivity contribution in [2.75, 3.05) is 5.32 Å². The van der Waals surface area contributed by atoms with E-state index in [0.29, 0.717) is 0 Å². The Morgan fingerprint density at radius 1 is 1.24 bits per heavy atom. The van der Waals surface area contributed by atoms with E-state index in [1.807, 2.05) is 0 Å². The Balaban J connectivity index is 1.97. The fourth-order valence-electron chi connectivity index (χ4n) is 1.47. The number of nitrogens with zero attached hydrogens (tertiary/aromatic N) is 1. The molecule has 1 heterocycles. The van der Waals surface area contributed by atoms with Gasteiger partial charge in [0.2, 0.25) is 0 Å². The molecule has 0 fully saturated rings. The summed E-state index contributed by atoms with van der Waals surface area (Å²) in [6, 6.07) is 10.6. The molecule has 5 heteroatoms. The average molecular weight is 248 g/mol. The number of nitro groups is 1. The summed E-state index contributed by atoms with van der Waals surface area (Å²) in [5.41, 5.74) is 1.00. The molecule has 2 aromatic rings. The first-order valence-electron chi connectivity index (χ1n) is 5.19. The van der Waals surface area contributed by atoms with Crippen LogP contribution in [0.2, 0.25) is 0 Å². The second kappa shape index (κ2) is 4.97. The van der Waals surface area contributed by atoms with Crippen LogP contribution in [0.4, 0.5) is 11.4 Å². The van der Waals surface area contributed by atoms with Crippen LogP contribution in [0.25, 0.3) is 0 Å². The van der Waals surface area contributed by atoms with Crippen molar-refractivity contribution in [3.63, 3.8) is 0 Å². The Hall–Kier alpha value is -1.88. The predicted octanol–water partition coefficient (Wildman–Crippen LogP) is 3.58. The van der Waals surface area contributed by atoms with Gasteiger partial charge in [0.25, 0.3) is 5.69 Å². The molecule has 1 aromatic carbocycles. The number of thiophene rings is 1.